The van der Waals surface area contributed by atoms with E-state index in [1.165, 1.54) is 32.1 Å². The first kappa shape index (κ1) is 37.9. The van der Waals surface area contributed by atoms with E-state index in [1.807, 2.05) is 49.3 Å². The van der Waals surface area contributed by atoms with Gasteiger partial charge in [-0.05, 0) is 83.4 Å². The van der Waals surface area contributed by atoms with Gasteiger partial charge in [-0.2, -0.15) is 0 Å². The van der Waals surface area contributed by atoms with Gasteiger partial charge in [-0.1, -0.05) is 69.2 Å². The number of nitrogens with two attached hydrogens (primary N) is 1. The van der Waals surface area contributed by atoms with Gasteiger partial charge >= 0.3 is 0 Å². The van der Waals surface area contributed by atoms with Gasteiger partial charge in [-0.25, -0.2) is 13.1 Å². The van der Waals surface area contributed by atoms with Crippen molar-refractivity contribution in [2.75, 3.05) is 64.8 Å². The Labute approximate surface area is 267 Å². The van der Waals surface area contributed by atoms with Gasteiger partial charge in [0.1, 0.15) is 0 Å². The topological polar surface area (TPSA) is 129 Å². The van der Waals surface area contributed by atoms with Crippen LogP contribution in [0.15, 0.2) is 41.3 Å². The van der Waals surface area contributed by atoms with Crippen molar-refractivity contribution < 1.29 is 13.2 Å². The normalized spacial score (nSPS) is 11.7. The smallest absolute Gasteiger partial charge is 0.241 e. The molecule has 0 aliphatic heterocycles. The Morgan fingerprint density at radius 3 is 1.86 bits per heavy atom. The highest BCUT2D eigenvalue weighted by Gasteiger charge is 2.18. The Hall–Kier alpha value is -2.24. The number of sulfonamides is 1. The average molecular weight is 633 g/mol. The lowest BCUT2D eigenvalue weighted by atomic mass is 10.1. The molecule has 0 aliphatic rings. The van der Waals surface area contributed by atoms with Crippen LogP contribution in [0.5, 0.6) is 0 Å². The van der Waals surface area contributed by atoms with Crippen molar-refractivity contribution in [3.8, 4) is 0 Å². The number of rotatable bonds is 27. The molecule has 6 N–H and O–H groups in total. The quantitative estimate of drug-likeness (QED) is 0.0887. The van der Waals surface area contributed by atoms with Crippen molar-refractivity contribution in [2.24, 2.45) is 5.73 Å². The number of carbonyl (C=O) groups excluding carboxylic acids is 1. The van der Waals surface area contributed by atoms with Crippen LogP contribution < -0.4 is 31.3 Å². The molecule has 250 valence electrons. The number of hydrogen-bond donors (Lipinski definition) is 5. The Bertz CT molecular complexity index is 1160. The first-order chi connectivity index (χ1) is 21.4. The van der Waals surface area contributed by atoms with Gasteiger partial charge in [-0.15, -0.1) is 0 Å². The molecule has 0 bridgehead atoms. The lowest BCUT2D eigenvalue weighted by Gasteiger charge is -2.17. The summed E-state index contributed by atoms with van der Waals surface area (Å²) < 4.78 is 28.8. The monoisotopic (exact) mass is 632 g/mol. The molecule has 0 saturated heterocycles. The number of nitrogens with zero attached hydrogens (tertiary/aromatic N) is 1. The molecule has 0 aromatic heterocycles. The number of hydrogen-bond acceptors (Lipinski definition) is 7. The Morgan fingerprint density at radius 1 is 0.659 bits per heavy atom. The fourth-order valence-electron chi connectivity index (χ4n) is 5.33. The minimum Gasteiger partial charge on any atom is -0.377 e. The summed E-state index contributed by atoms with van der Waals surface area (Å²) in [5.41, 5.74) is 6.48. The fourth-order valence-corrected chi connectivity index (χ4v) is 6.62. The molecule has 0 fully saturated rings. The van der Waals surface area contributed by atoms with Crippen LogP contribution in [0.3, 0.4) is 0 Å². The summed E-state index contributed by atoms with van der Waals surface area (Å²) in [6, 6.07) is 11.2. The maximum absolute atomic E-state index is 13.0. The van der Waals surface area contributed by atoms with Crippen molar-refractivity contribution in [2.45, 2.75) is 94.8 Å². The second-order valence-electron chi connectivity index (χ2n) is 11.9. The molecular formula is C34H60N6O3S. The standard InChI is InChI=1S/C34H60N6O3S/c1-40(2)32-20-14-19-31-30(32)18-15-21-33(31)44(42,43)39-29-11-9-7-5-3-4-6-8-10-22-34(41)38-28-17-27-37-25-13-12-24-36-26-16-23-35/h14-15,18-21,36-37,39H,3-13,16-17,22-29,35H2,1-2H3,(H,38,41). The summed E-state index contributed by atoms with van der Waals surface area (Å²) in [7, 11) is 0.362. The molecule has 0 spiro atoms. The Balaban J connectivity index is 1.40. The van der Waals surface area contributed by atoms with Gasteiger partial charge in [0.25, 0.3) is 0 Å². The molecule has 0 aliphatic carbocycles. The molecule has 0 unspecified atom stereocenters. The summed E-state index contributed by atoms with van der Waals surface area (Å²) in [6.07, 6.45) is 14.7. The zero-order valence-electron chi connectivity index (χ0n) is 27.5. The fraction of sp³-hybridized carbons (Fsp3) is 0.676. The van der Waals surface area contributed by atoms with E-state index in [-0.39, 0.29) is 5.91 Å². The van der Waals surface area contributed by atoms with E-state index < -0.39 is 10.0 Å². The van der Waals surface area contributed by atoms with Crippen molar-refractivity contribution in [1.29, 1.82) is 0 Å². The van der Waals surface area contributed by atoms with Crippen molar-refractivity contribution >= 4 is 32.4 Å². The second-order valence-corrected chi connectivity index (χ2v) is 13.6. The van der Waals surface area contributed by atoms with Crippen LogP contribution >= 0.6 is 0 Å². The van der Waals surface area contributed by atoms with E-state index in [4.69, 9.17) is 5.73 Å². The predicted molar refractivity (Wildman–Crippen MR) is 186 cm³/mol. The van der Waals surface area contributed by atoms with E-state index in [0.29, 0.717) is 17.9 Å². The molecule has 44 heavy (non-hydrogen) atoms. The van der Waals surface area contributed by atoms with Crippen LogP contribution in [0, 0.1) is 0 Å². The van der Waals surface area contributed by atoms with Crippen molar-refractivity contribution in [3.05, 3.63) is 36.4 Å². The molecule has 0 atom stereocenters. The van der Waals surface area contributed by atoms with Gasteiger partial charge in [0.2, 0.25) is 15.9 Å². The number of anilines is 1. The lowest BCUT2D eigenvalue weighted by Crippen LogP contribution is -2.27. The van der Waals surface area contributed by atoms with Crippen LogP contribution in [0.2, 0.25) is 0 Å². The number of nitrogens with one attached hydrogen (secondary N) is 4. The highest BCUT2D eigenvalue weighted by molar-refractivity contribution is 7.89. The minimum atomic E-state index is -3.57. The summed E-state index contributed by atoms with van der Waals surface area (Å²) >= 11 is 0. The van der Waals surface area contributed by atoms with Crippen LogP contribution in [0.25, 0.3) is 10.8 Å². The van der Waals surface area contributed by atoms with Gasteiger partial charge in [0.15, 0.2) is 0 Å². The molecule has 2 aromatic rings. The maximum atomic E-state index is 13.0. The van der Waals surface area contributed by atoms with E-state index in [1.54, 1.807) is 6.07 Å². The Kier molecular flexibility index (Phi) is 20.0. The predicted octanol–water partition coefficient (Wildman–Crippen LogP) is 4.90. The summed E-state index contributed by atoms with van der Waals surface area (Å²) in [5, 5.41) is 11.6. The first-order valence-corrected chi connectivity index (χ1v) is 18.4. The van der Waals surface area contributed by atoms with E-state index in [2.05, 4.69) is 20.7 Å². The van der Waals surface area contributed by atoms with Gasteiger partial charge in [0.05, 0.1) is 4.90 Å². The van der Waals surface area contributed by atoms with Gasteiger partial charge < -0.3 is 26.6 Å². The van der Waals surface area contributed by atoms with Crippen LogP contribution in [-0.4, -0.2) is 74.2 Å². The summed E-state index contributed by atoms with van der Waals surface area (Å²) in [6.45, 7) is 5.98. The molecule has 1 amide bonds. The second kappa shape index (κ2) is 23.1. The van der Waals surface area contributed by atoms with Crippen molar-refractivity contribution in [1.82, 2.24) is 20.7 Å². The van der Waals surface area contributed by atoms with E-state index >= 15 is 0 Å². The third-order valence-electron chi connectivity index (χ3n) is 7.87. The number of benzene rings is 2. The number of fused-ring (bicyclic) bond motifs is 1. The highest BCUT2D eigenvalue weighted by Crippen LogP contribution is 2.30. The number of unbranched alkanes of at least 4 members (excludes halogenated alkanes) is 9. The molecule has 2 aromatic carbocycles. The molecular weight excluding hydrogens is 572 g/mol. The first-order valence-electron chi connectivity index (χ1n) is 16.9. The van der Waals surface area contributed by atoms with Crippen LogP contribution in [0.4, 0.5) is 5.69 Å². The average Bonchev–Trinajstić information content (AvgIpc) is 3.01. The molecule has 2 rings (SSSR count). The molecule has 9 nitrogen and oxygen atoms in total. The molecule has 0 saturated carbocycles. The van der Waals surface area contributed by atoms with Gasteiger partial charge in [-0.3, -0.25) is 4.79 Å². The molecule has 0 heterocycles. The SMILES string of the molecule is CN(C)c1cccc2c(S(=O)(=O)NCCCCCCCCCCCC(=O)NCCCNCCCCNCCCN)cccc12. The zero-order chi connectivity index (χ0) is 31.9. The molecule has 10 heteroatoms. The minimum absolute atomic E-state index is 0.169. The van der Waals surface area contributed by atoms with E-state index in [0.717, 1.165) is 107 Å². The number of carbonyl (C=O) groups is 1. The van der Waals surface area contributed by atoms with Crippen molar-refractivity contribution in [3.63, 3.8) is 0 Å². The van der Waals surface area contributed by atoms with E-state index in [9.17, 15) is 13.2 Å². The zero-order valence-corrected chi connectivity index (χ0v) is 28.3. The summed E-state index contributed by atoms with van der Waals surface area (Å²) in [4.78, 5) is 14.4. The van der Waals surface area contributed by atoms with Gasteiger partial charge in [0, 0.05) is 50.1 Å². The number of amides is 1. The maximum Gasteiger partial charge on any atom is 0.241 e. The van der Waals surface area contributed by atoms with Crippen LogP contribution in [0.1, 0.15) is 89.9 Å². The third kappa shape index (κ3) is 15.7. The summed E-state index contributed by atoms with van der Waals surface area (Å²) in [5.74, 6) is 0.169. The largest absolute Gasteiger partial charge is 0.377 e. The Morgan fingerprint density at radius 2 is 1.20 bits per heavy atom. The molecule has 0 radical (unpaired) electrons. The lowest BCUT2D eigenvalue weighted by molar-refractivity contribution is -0.121. The third-order valence-corrected chi connectivity index (χ3v) is 9.39. The highest BCUT2D eigenvalue weighted by atomic mass is 32.2. The van der Waals surface area contributed by atoms with Crippen LogP contribution in [-0.2, 0) is 14.8 Å².